The molecule has 0 fully saturated rings. The van der Waals surface area contributed by atoms with Crippen LogP contribution in [0.4, 0.5) is 0 Å². The van der Waals surface area contributed by atoms with E-state index in [9.17, 15) is 0 Å². The summed E-state index contributed by atoms with van der Waals surface area (Å²) < 4.78 is 5.20. The topological polar surface area (TPSA) is 4.93 Å². The first kappa shape index (κ1) is 14.3. The van der Waals surface area contributed by atoms with E-state index in [2.05, 4.69) is 83.5 Å². The van der Waals surface area contributed by atoms with E-state index in [1.165, 1.54) is 47.7 Å². The third kappa shape index (κ3) is 1.85. The molecule has 3 aromatic carbocycles. The second-order valence-corrected chi connectivity index (χ2v) is 7.95. The monoisotopic (exact) mass is 351 g/mol. The molecule has 2 heteroatoms. The summed E-state index contributed by atoms with van der Waals surface area (Å²) in [6.45, 7) is 0. The van der Waals surface area contributed by atoms with Gasteiger partial charge in [0.15, 0.2) is 0 Å². The van der Waals surface area contributed by atoms with Crippen molar-refractivity contribution in [1.29, 1.82) is 0 Å². The fourth-order valence-electron chi connectivity index (χ4n) is 4.28. The van der Waals surface area contributed by atoms with E-state index in [1.54, 1.807) is 0 Å². The molecule has 26 heavy (non-hydrogen) atoms. The number of hydrogen-bond acceptors (Lipinski definition) is 1. The average molecular weight is 351 g/mol. The van der Waals surface area contributed by atoms with Crippen molar-refractivity contribution in [2.24, 2.45) is 0 Å². The first-order chi connectivity index (χ1) is 12.9. The zero-order valence-corrected chi connectivity index (χ0v) is 15.1. The Bertz CT molecular complexity index is 1380. The van der Waals surface area contributed by atoms with E-state index in [0.717, 1.165) is 12.8 Å². The Hall–Kier alpha value is -2.84. The standard InChI is InChI=1S/C24H17NS/c1-2-8-16(9-3-1)25-20-12-6-4-11-19(20)23-21(25)15-14-18-17-10-5-7-13-22(17)26-24(18)23/h2,4-15H,1,3H2. The van der Waals surface area contributed by atoms with Crippen LogP contribution in [-0.4, -0.2) is 4.57 Å². The Kier molecular flexibility index (Phi) is 2.94. The average Bonchev–Trinajstić information content (AvgIpc) is 3.24. The van der Waals surface area contributed by atoms with Gasteiger partial charge in [-0.1, -0.05) is 54.6 Å². The van der Waals surface area contributed by atoms with Crippen molar-refractivity contribution < 1.29 is 0 Å². The Balaban J connectivity index is 1.85. The number of allylic oxidation sites excluding steroid dienone is 4. The number of rotatable bonds is 1. The second kappa shape index (κ2) is 5.33. The Morgan fingerprint density at radius 1 is 0.731 bits per heavy atom. The van der Waals surface area contributed by atoms with Gasteiger partial charge in [-0.3, -0.25) is 0 Å². The smallest absolute Gasteiger partial charge is 0.0555 e. The Labute approximate surface area is 155 Å². The van der Waals surface area contributed by atoms with Crippen LogP contribution in [-0.2, 0) is 0 Å². The Morgan fingerprint density at radius 3 is 2.46 bits per heavy atom. The molecule has 5 aromatic rings. The van der Waals surface area contributed by atoms with Gasteiger partial charge < -0.3 is 4.57 Å². The summed E-state index contributed by atoms with van der Waals surface area (Å²) in [5.41, 5.74) is 3.90. The molecule has 0 amide bonds. The highest BCUT2D eigenvalue weighted by Gasteiger charge is 2.17. The minimum absolute atomic E-state index is 1.12. The van der Waals surface area contributed by atoms with Gasteiger partial charge >= 0.3 is 0 Å². The highest BCUT2D eigenvalue weighted by molar-refractivity contribution is 7.26. The van der Waals surface area contributed by atoms with E-state index in [1.807, 2.05) is 11.3 Å². The molecule has 0 atom stereocenters. The van der Waals surface area contributed by atoms with Crippen LogP contribution in [0.5, 0.6) is 0 Å². The van der Waals surface area contributed by atoms with Gasteiger partial charge in [0.2, 0.25) is 0 Å². The van der Waals surface area contributed by atoms with Crippen LogP contribution in [0.1, 0.15) is 12.8 Å². The molecule has 6 rings (SSSR count). The van der Waals surface area contributed by atoms with E-state index in [4.69, 9.17) is 0 Å². The maximum atomic E-state index is 2.43. The molecule has 0 N–H and O–H groups in total. The second-order valence-electron chi connectivity index (χ2n) is 6.90. The summed E-state index contributed by atoms with van der Waals surface area (Å²) >= 11 is 1.92. The lowest BCUT2D eigenvalue weighted by molar-refractivity contribution is 1.02. The fraction of sp³-hybridized carbons (Fsp3) is 0.0833. The van der Waals surface area contributed by atoms with Gasteiger partial charge in [0, 0.05) is 36.6 Å². The van der Waals surface area contributed by atoms with E-state index in [-0.39, 0.29) is 0 Å². The minimum atomic E-state index is 1.12. The lowest BCUT2D eigenvalue weighted by Crippen LogP contribution is -1.96. The summed E-state index contributed by atoms with van der Waals surface area (Å²) in [5, 5.41) is 5.47. The maximum Gasteiger partial charge on any atom is 0.0555 e. The lowest BCUT2D eigenvalue weighted by Gasteiger charge is -2.11. The molecule has 124 valence electrons. The summed E-state index contributed by atoms with van der Waals surface area (Å²) in [5.74, 6) is 0. The van der Waals surface area contributed by atoms with Crippen molar-refractivity contribution >= 4 is 59.0 Å². The molecule has 2 aromatic heterocycles. The quantitative estimate of drug-likeness (QED) is 0.297. The van der Waals surface area contributed by atoms with Crippen LogP contribution in [0.2, 0.25) is 0 Å². The van der Waals surface area contributed by atoms with Crippen molar-refractivity contribution in [3.63, 3.8) is 0 Å². The molecule has 0 saturated carbocycles. The predicted molar refractivity (Wildman–Crippen MR) is 115 cm³/mol. The minimum Gasteiger partial charge on any atom is -0.310 e. The van der Waals surface area contributed by atoms with Crippen molar-refractivity contribution in [2.75, 3.05) is 0 Å². The highest BCUT2D eigenvalue weighted by Crippen LogP contribution is 2.43. The van der Waals surface area contributed by atoms with Crippen molar-refractivity contribution in [3.05, 3.63) is 78.9 Å². The van der Waals surface area contributed by atoms with Crippen LogP contribution in [0, 0.1) is 0 Å². The fourth-order valence-corrected chi connectivity index (χ4v) is 5.54. The SMILES string of the molecule is C1=CC(n2c3ccccc3c3c4sc5ccccc5c4ccc32)=CCC1. The zero-order chi connectivity index (χ0) is 17.1. The number of benzene rings is 3. The normalized spacial score (nSPS) is 14.7. The van der Waals surface area contributed by atoms with E-state index in [0.29, 0.717) is 0 Å². The zero-order valence-electron chi connectivity index (χ0n) is 14.3. The van der Waals surface area contributed by atoms with E-state index < -0.39 is 0 Å². The largest absolute Gasteiger partial charge is 0.310 e. The van der Waals surface area contributed by atoms with Crippen molar-refractivity contribution in [2.45, 2.75) is 12.8 Å². The van der Waals surface area contributed by atoms with Crippen LogP contribution in [0.3, 0.4) is 0 Å². The number of nitrogens with zero attached hydrogens (tertiary/aromatic N) is 1. The van der Waals surface area contributed by atoms with E-state index >= 15 is 0 Å². The third-order valence-corrected chi connectivity index (χ3v) is 6.62. The van der Waals surface area contributed by atoms with Gasteiger partial charge in [0.1, 0.15) is 0 Å². The molecule has 1 aliphatic rings. The highest BCUT2D eigenvalue weighted by atomic mass is 32.1. The van der Waals surface area contributed by atoms with Gasteiger partial charge in [-0.15, -0.1) is 11.3 Å². The van der Waals surface area contributed by atoms with Gasteiger partial charge in [0.25, 0.3) is 0 Å². The molecule has 2 heterocycles. The number of para-hydroxylation sites is 1. The first-order valence-corrected chi connectivity index (χ1v) is 9.94. The molecule has 0 bridgehead atoms. The molecule has 1 aliphatic carbocycles. The van der Waals surface area contributed by atoms with Crippen LogP contribution < -0.4 is 0 Å². The first-order valence-electron chi connectivity index (χ1n) is 9.12. The molecule has 0 spiro atoms. The number of thiophene rings is 1. The predicted octanol–water partition coefficient (Wildman–Crippen LogP) is 7.35. The third-order valence-electron chi connectivity index (χ3n) is 5.41. The lowest BCUT2D eigenvalue weighted by atomic mass is 10.1. The van der Waals surface area contributed by atoms with Crippen LogP contribution >= 0.6 is 11.3 Å². The van der Waals surface area contributed by atoms with Crippen molar-refractivity contribution in [3.8, 4) is 0 Å². The number of aromatic nitrogens is 1. The van der Waals surface area contributed by atoms with Crippen molar-refractivity contribution in [1.82, 2.24) is 4.57 Å². The molecule has 0 aliphatic heterocycles. The number of fused-ring (bicyclic) bond motifs is 7. The Morgan fingerprint density at radius 2 is 1.58 bits per heavy atom. The summed E-state index contributed by atoms with van der Waals surface area (Å²) in [6.07, 6.45) is 9.17. The molecule has 0 saturated heterocycles. The molecule has 0 radical (unpaired) electrons. The summed E-state index contributed by atoms with van der Waals surface area (Å²) in [6, 6.07) is 22.2. The van der Waals surface area contributed by atoms with Gasteiger partial charge in [0.05, 0.1) is 11.0 Å². The molecule has 0 unspecified atom stereocenters. The van der Waals surface area contributed by atoms with Gasteiger partial charge in [-0.25, -0.2) is 0 Å². The maximum absolute atomic E-state index is 2.43. The van der Waals surface area contributed by atoms with Crippen LogP contribution in [0.25, 0.3) is 47.7 Å². The van der Waals surface area contributed by atoms with Crippen LogP contribution in [0.15, 0.2) is 78.9 Å². The number of hydrogen-bond donors (Lipinski definition) is 0. The summed E-state index contributed by atoms with van der Waals surface area (Å²) in [4.78, 5) is 0. The molecule has 1 nitrogen and oxygen atoms in total. The van der Waals surface area contributed by atoms with Gasteiger partial charge in [-0.2, -0.15) is 0 Å². The van der Waals surface area contributed by atoms with Gasteiger partial charge in [-0.05, 0) is 37.1 Å². The molecular weight excluding hydrogens is 334 g/mol. The summed E-state index contributed by atoms with van der Waals surface area (Å²) in [7, 11) is 0. The molecular formula is C24H17NS.